The SMILES string of the molecule is Fc1ccc2c(c1F)OC(/C=C/COC1CCC(C3CCCCC3)CC1)CC2. The Labute approximate surface area is 167 Å². The third-order valence-electron chi connectivity index (χ3n) is 6.91. The molecule has 0 bridgehead atoms. The van der Waals surface area contributed by atoms with Gasteiger partial charge in [-0.2, -0.15) is 4.39 Å². The van der Waals surface area contributed by atoms with Crippen molar-refractivity contribution >= 4 is 0 Å². The van der Waals surface area contributed by atoms with Crippen LogP contribution in [0.5, 0.6) is 5.75 Å². The van der Waals surface area contributed by atoms with Crippen LogP contribution in [0.2, 0.25) is 0 Å². The maximum absolute atomic E-state index is 13.9. The molecule has 1 aromatic rings. The molecule has 1 aliphatic heterocycles. The Kier molecular flexibility index (Phi) is 6.66. The highest BCUT2D eigenvalue weighted by Crippen LogP contribution is 2.39. The van der Waals surface area contributed by atoms with Gasteiger partial charge in [-0.3, -0.25) is 0 Å². The summed E-state index contributed by atoms with van der Waals surface area (Å²) in [4.78, 5) is 0. The van der Waals surface area contributed by atoms with E-state index in [0.717, 1.165) is 23.8 Å². The molecule has 0 aromatic heterocycles. The molecule has 1 aromatic carbocycles. The van der Waals surface area contributed by atoms with Crippen molar-refractivity contribution in [1.29, 1.82) is 0 Å². The summed E-state index contributed by atoms with van der Waals surface area (Å²) < 4.78 is 39.0. The lowest BCUT2D eigenvalue weighted by Crippen LogP contribution is -2.27. The van der Waals surface area contributed by atoms with Crippen LogP contribution in [0.25, 0.3) is 0 Å². The lowest BCUT2D eigenvalue weighted by Gasteiger charge is -2.35. The van der Waals surface area contributed by atoms with Gasteiger partial charge in [-0.1, -0.05) is 44.2 Å². The second-order valence-corrected chi connectivity index (χ2v) is 8.74. The van der Waals surface area contributed by atoms with Crippen molar-refractivity contribution in [2.75, 3.05) is 6.61 Å². The average Bonchev–Trinajstić information content (AvgIpc) is 2.75. The summed E-state index contributed by atoms with van der Waals surface area (Å²) in [6.45, 7) is 0.567. The summed E-state index contributed by atoms with van der Waals surface area (Å²) in [5.41, 5.74) is 0.745. The Morgan fingerprint density at radius 1 is 0.929 bits per heavy atom. The third-order valence-corrected chi connectivity index (χ3v) is 6.91. The number of hydrogen-bond donors (Lipinski definition) is 0. The van der Waals surface area contributed by atoms with Gasteiger partial charge >= 0.3 is 0 Å². The maximum Gasteiger partial charge on any atom is 0.200 e. The van der Waals surface area contributed by atoms with E-state index >= 15 is 0 Å². The molecular formula is C24H32F2O2. The fraction of sp³-hybridized carbons (Fsp3) is 0.667. The van der Waals surface area contributed by atoms with Crippen LogP contribution in [0.15, 0.2) is 24.3 Å². The minimum Gasteiger partial charge on any atom is -0.483 e. The third kappa shape index (κ3) is 4.76. The van der Waals surface area contributed by atoms with Gasteiger partial charge in [0.15, 0.2) is 11.6 Å². The van der Waals surface area contributed by atoms with E-state index in [1.165, 1.54) is 63.9 Å². The van der Waals surface area contributed by atoms with Crippen molar-refractivity contribution in [1.82, 2.24) is 0 Å². The van der Waals surface area contributed by atoms with Gasteiger partial charge in [0.2, 0.25) is 5.82 Å². The molecule has 4 rings (SSSR count). The molecule has 0 spiro atoms. The Hall–Kier alpha value is -1.42. The van der Waals surface area contributed by atoms with Gasteiger partial charge in [0, 0.05) is 0 Å². The number of rotatable bonds is 5. The number of benzene rings is 1. The highest BCUT2D eigenvalue weighted by Gasteiger charge is 2.28. The molecule has 2 fully saturated rings. The minimum absolute atomic E-state index is 0.0721. The average molecular weight is 391 g/mol. The first-order chi connectivity index (χ1) is 13.7. The van der Waals surface area contributed by atoms with Crippen molar-refractivity contribution in [3.8, 4) is 5.75 Å². The number of fused-ring (bicyclic) bond motifs is 1. The minimum atomic E-state index is -0.874. The smallest absolute Gasteiger partial charge is 0.200 e. The van der Waals surface area contributed by atoms with Crippen molar-refractivity contribution in [3.05, 3.63) is 41.5 Å². The molecular weight excluding hydrogens is 358 g/mol. The van der Waals surface area contributed by atoms with Gasteiger partial charge in [-0.05, 0) is 68.1 Å². The molecule has 1 atom stereocenters. The zero-order valence-corrected chi connectivity index (χ0v) is 16.7. The van der Waals surface area contributed by atoms with Gasteiger partial charge in [-0.25, -0.2) is 4.39 Å². The van der Waals surface area contributed by atoms with E-state index < -0.39 is 11.6 Å². The van der Waals surface area contributed by atoms with E-state index in [1.54, 1.807) is 6.07 Å². The van der Waals surface area contributed by atoms with Crippen LogP contribution in [-0.2, 0) is 11.2 Å². The number of aryl methyl sites for hydroxylation is 1. The lowest BCUT2D eigenvalue weighted by atomic mass is 9.73. The van der Waals surface area contributed by atoms with Gasteiger partial charge in [0.1, 0.15) is 6.10 Å². The molecule has 1 unspecified atom stereocenters. The molecule has 0 radical (unpaired) electrons. The van der Waals surface area contributed by atoms with Gasteiger partial charge in [-0.15, -0.1) is 0 Å². The van der Waals surface area contributed by atoms with Gasteiger partial charge in [0.25, 0.3) is 0 Å². The summed E-state index contributed by atoms with van der Waals surface area (Å²) in [5, 5.41) is 0. The summed E-state index contributed by atoms with van der Waals surface area (Å²) in [6.07, 6.45) is 17.7. The van der Waals surface area contributed by atoms with E-state index in [9.17, 15) is 8.78 Å². The first-order valence-electron chi connectivity index (χ1n) is 11.1. The fourth-order valence-electron chi connectivity index (χ4n) is 5.27. The molecule has 2 nitrogen and oxygen atoms in total. The summed E-state index contributed by atoms with van der Waals surface area (Å²) in [6, 6.07) is 2.78. The normalized spacial score (nSPS) is 28.9. The van der Waals surface area contributed by atoms with E-state index in [4.69, 9.17) is 9.47 Å². The molecule has 0 N–H and O–H groups in total. The Morgan fingerprint density at radius 2 is 1.68 bits per heavy atom. The molecule has 28 heavy (non-hydrogen) atoms. The van der Waals surface area contributed by atoms with Crippen LogP contribution < -0.4 is 4.74 Å². The first-order valence-corrected chi connectivity index (χ1v) is 11.1. The van der Waals surface area contributed by atoms with Crippen molar-refractivity contribution in [3.63, 3.8) is 0 Å². The van der Waals surface area contributed by atoms with Gasteiger partial charge < -0.3 is 9.47 Å². The molecule has 2 aliphatic carbocycles. The van der Waals surface area contributed by atoms with Gasteiger partial charge in [0.05, 0.1) is 12.7 Å². The number of hydrogen-bond acceptors (Lipinski definition) is 2. The second-order valence-electron chi connectivity index (χ2n) is 8.74. The molecule has 4 heteroatoms. The molecule has 2 saturated carbocycles. The molecule has 1 heterocycles. The molecule has 0 saturated heterocycles. The maximum atomic E-state index is 13.9. The Morgan fingerprint density at radius 3 is 2.46 bits per heavy atom. The van der Waals surface area contributed by atoms with Crippen molar-refractivity contribution < 1.29 is 18.3 Å². The zero-order chi connectivity index (χ0) is 19.3. The van der Waals surface area contributed by atoms with Crippen molar-refractivity contribution in [2.45, 2.75) is 82.8 Å². The van der Waals surface area contributed by atoms with E-state index in [0.29, 0.717) is 19.1 Å². The van der Waals surface area contributed by atoms with E-state index in [-0.39, 0.29) is 11.9 Å². The first kappa shape index (κ1) is 19.9. The summed E-state index contributed by atoms with van der Waals surface area (Å²) in [7, 11) is 0. The summed E-state index contributed by atoms with van der Waals surface area (Å²) >= 11 is 0. The van der Waals surface area contributed by atoms with Crippen LogP contribution in [0.3, 0.4) is 0 Å². The molecule has 3 aliphatic rings. The van der Waals surface area contributed by atoms with Crippen LogP contribution in [0.1, 0.15) is 69.8 Å². The highest BCUT2D eigenvalue weighted by molar-refractivity contribution is 5.38. The second kappa shape index (κ2) is 9.39. The van der Waals surface area contributed by atoms with E-state index in [1.807, 2.05) is 12.2 Å². The van der Waals surface area contributed by atoms with Crippen LogP contribution in [0.4, 0.5) is 8.78 Å². The quantitative estimate of drug-likeness (QED) is 0.544. The molecule has 0 amide bonds. The summed E-state index contributed by atoms with van der Waals surface area (Å²) in [5.74, 6) is 0.229. The number of halogens is 2. The predicted octanol–water partition coefficient (Wildman–Crippen LogP) is 6.37. The monoisotopic (exact) mass is 390 g/mol. The standard InChI is InChI=1S/C24H32F2O2/c25-22-15-11-19-10-14-21(28-24(19)23(22)26)7-4-16-27-20-12-8-18(9-13-20)17-5-2-1-3-6-17/h4,7,11,15,17-18,20-21H,1-3,5-6,8-10,12-14,16H2/b7-4+. The largest absolute Gasteiger partial charge is 0.483 e. The fourth-order valence-corrected chi connectivity index (χ4v) is 5.27. The van der Waals surface area contributed by atoms with Crippen LogP contribution in [0, 0.1) is 23.5 Å². The number of ether oxygens (including phenoxy) is 2. The van der Waals surface area contributed by atoms with Crippen LogP contribution >= 0.6 is 0 Å². The Balaban J connectivity index is 1.19. The van der Waals surface area contributed by atoms with Crippen molar-refractivity contribution in [2.24, 2.45) is 11.8 Å². The lowest BCUT2D eigenvalue weighted by molar-refractivity contribution is 0.0226. The zero-order valence-electron chi connectivity index (χ0n) is 16.7. The topological polar surface area (TPSA) is 18.5 Å². The van der Waals surface area contributed by atoms with Crippen LogP contribution in [-0.4, -0.2) is 18.8 Å². The Bertz CT molecular complexity index is 673. The predicted molar refractivity (Wildman–Crippen MR) is 107 cm³/mol. The molecule has 154 valence electrons. The van der Waals surface area contributed by atoms with E-state index in [2.05, 4.69) is 0 Å². The highest BCUT2D eigenvalue weighted by atomic mass is 19.2.